The normalized spacial score (nSPS) is 15.6. The molecule has 1 aromatic carbocycles. The number of carbonyl (C=O) groups excluding carboxylic acids is 1. The molecular weight excluding hydrogens is 242 g/mol. The maximum Gasteiger partial charge on any atom is 0.220 e. The van der Waals surface area contributed by atoms with Gasteiger partial charge in [0.25, 0.3) is 0 Å². The van der Waals surface area contributed by atoms with Crippen LogP contribution >= 0.6 is 0 Å². The zero-order valence-electron chi connectivity index (χ0n) is 11.1. The van der Waals surface area contributed by atoms with Crippen molar-refractivity contribution in [1.82, 2.24) is 5.32 Å². The number of nitrogens with one attached hydrogen (secondary N) is 1. The average molecular weight is 263 g/mol. The molecule has 4 nitrogen and oxygen atoms in total. The molecule has 2 rings (SSSR count). The van der Waals surface area contributed by atoms with Crippen LogP contribution < -0.4 is 5.32 Å². The standard InChI is InChI=1S/C15H21NO3/c17-14(16-12-13-6-2-1-3-7-13)8-4-5-9-15-18-10-11-19-15/h1-3,6-7,15H,4-5,8-12H2,(H,16,17). The first-order valence-electron chi connectivity index (χ1n) is 6.88. The second kappa shape index (κ2) is 7.92. The minimum Gasteiger partial charge on any atom is -0.352 e. The van der Waals surface area contributed by atoms with E-state index in [-0.39, 0.29) is 12.2 Å². The molecule has 0 radical (unpaired) electrons. The molecule has 0 saturated carbocycles. The second-order valence-corrected chi connectivity index (χ2v) is 4.68. The van der Waals surface area contributed by atoms with E-state index in [2.05, 4.69) is 5.32 Å². The van der Waals surface area contributed by atoms with Gasteiger partial charge in [-0.05, 0) is 24.8 Å². The van der Waals surface area contributed by atoms with Gasteiger partial charge in [0.1, 0.15) is 0 Å². The molecule has 0 aromatic heterocycles. The van der Waals surface area contributed by atoms with Crippen molar-refractivity contribution in [2.45, 2.75) is 38.5 Å². The maximum atomic E-state index is 11.6. The Balaban J connectivity index is 1.52. The van der Waals surface area contributed by atoms with Crippen LogP contribution in [0.3, 0.4) is 0 Å². The van der Waals surface area contributed by atoms with Crippen LogP contribution in [-0.4, -0.2) is 25.4 Å². The summed E-state index contributed by atoms with van der Waals surface area (Å²) in [5.74, 6) is 0.108. The Hall–Kier alpha value is -1.39. The highest BCUT2D eigenvalue weighted by molar-refractivity contribution is 5.75. The van der Waals surface area contributed by atoms with Gasteiger partial charge in [-0.2, -0.15) is 0 Å². The molecule has 0 atom stereocenters. The van der Waals surface area contributed by atoms with Gasteiger partial charge in [0.2, 0.25) is 5.91 Å². The summed E-state index contributed by atoms with van der Waals surface area (Å²) in [6.07, 6.45) is 3.24. The lowest BCUT2D eigenvalue weighted by Crippen LogP contribution is -2.22. The molecule has 19 heavy (non-hydrogen) atoms. The van der Waals surface area contributed by atoms with Crippen LogP contribution in [0.15, 0.2) is 30.3 Å². The second-order valence-electron chi connectivity index (χ2n) is 4.68. The van der Waals surface area contributed by atoms with Crippen molar-refractivity contribution >= 4 is 5.91 Å². The summed E-state index contributed by atoms with van der Waals surface area (Å²) < 4.78 is 10.7. The molecule has 0 aliphatic carbocycles. The first kappa shape index (κ1) is 14.0. The highest BCUT2D eigenvalue weighted by Crippen LogP contribution is 2.12. The van der Waals surface area contributed by atoms with Gasteiger partial charge in [0, 0.05) is 13.0 Å². The van der Waals surface area contributed by atoms with Crippen molar-refractivity contribution in [3.05, 3.63) is 35.9 Å². The summed E-state index contributed by atoms with van der Waals surface area (Å²) in [5.41, 5.74) is 1.13. The predicted molar refractivity (Wildman–Crippen MR) is 72.4 cm³/mol. The Morgan fingerprint density at radius 3 is 2.63 bits per heavy atom. The van der Waals surface area contributed by atoms with Crippen molar-refractivity contribution < 1.29 is 14.3 Å². The molecule has 0 unspecified atom stereocenters. The van der Waals surface area contributed by atoms with Gasteiger partial charge >= 0.3 is 0 Å². The lowest BCUT2D eigenvalue weighted by atomic mass is 10.1. The zero-order valence-corrected chi connectivity index (χ0v) is 11.1. The molecule has 0 spiro atoms. The quantitative estimate of drug-likeness (QED) is 0.767. The first-order chi connectivity index (χ1) is 9.34. The fraction of sp³-hybridized carbons (Fsp3) is 0.533. The summed E-state index contributed by atoms with van der Waals surface area (Å²) >= 11 is 0. The average Bonchev–Trinajstić information content (AvgIpc) is 2.96. The molecule has 1 aliphatic rings. The Morgan fingerprint density at radius 2 is 1.89 bits per heavy atom. The molecule has 4 heteroatoms. The van der Waals surface area contributed by atoms with Crippen molar-refractivity contribution in [2.75, 3.05) is 13.2 Å². The van der Waals surface area contributed by atoms with Crippen LogP contribution in [0.25, 0.3) is 0 Å². The van der Waals surface area contributed by atoms with E-state index in [1.807, 2.05) is 30.3 Å². The molecule has 1 heterocycles. The largest absolute Gasteiger partial charge is 0.352 e. The SMILES string of the molecule is O=C(CCCCC1OCCO1)NCc1ccccc1. The Kier molecular flexibility index (Phi) is 5.85. The summed E-state index contributed by atoms with van der Waals surface area (Å²) in [6, 6.07) is 9.94. The molecular formula is C15H21NO3. The van der Waals surface area contributed by atoms with E-state index in [4.69, 9.17) is 9.47 Å². The molecule has 1 saturated heterocycles. The number of hydrogen-bond donors (Lipinski definition) is 1. The molecule has 1 aromatic rings. The fourth-order valence-electron chi connectivity index (χ4n) is 2.06. The topological polar surface area (TPSA) is 47.6 Å². The molecule has 1 amide bonds. The highest BCUT2D eigenvalue weighted by Gasteiger charge is 2.14. The van der Waals surface area contributed by atoms with Gasteiger partial charge in [0.15, 0.2) is 6.29 Å². The Bertz CT molecular complexity index is 374. The van der Waals surface area contributed by atoms with E-state index in [0.717, 1.165) is 24.8 Å². The van der Waals surface area contributed by atoms with E-state index < -0.39 is 0 Å². The lowest BCUT2D eigenvalue weighted by Gasteiger charge is -2.08. The molecule has 1 N–H and O–H groups in total. The number of ether oxygens (including phenoxy) is 2. The van der Waals surface area contributed by atoms with E-state index in [0.29, 0.717) is 26.2 Å². The number of unbranched alkanes of at least 4 members (excludes halogenated alkanes) is 1. The summed E-state index contributed by atoms with van der Waals surface area (Å²) in [4.78, 5) is 11.6. The van der Waals surface area contributed by atoms with E-state index in [1.54, 1.807) is 0 Å². The van der Waals surface area contributed by atoms with Gasteiger partial charge in [-0.25, -0.2) is 0 Å². The minimum absolute atomic E-state index is 0.0487. The van der Waals surface area contributed by atoms with Crippen LogP contribution in [0.5, 0.6) is 0 Å². The fourth-order valence-corrected chi connectivity index (χ4v) is 2.06. The Labute approximate surface area is 114 Å². The molecule has 104 valence electrons. The van der Waals surface area contributed by atoms with Crippen molar-refractivity contribution in [3.63, 3.8) is 0 Å². The molecule has 1 fully saturated rings. The van der Waals surface area contributed by atoms with Crippen LogP contribution in [0, 0.1) is 0 Å². The minimum atomic E-state index is -0.0487. The van der Waals surface area contributed by atoms with E-state index >= 15 is 0 Å². The molecule has 0 bridgehead atoms. The number of amides is 1. The zero-order chi connectivity index (χ0) is 13.3. The first-order valence-corrected chi connectivity index (χ1v) is 6.88. The third kappa shape index (κ3) is 5.41. The van der Waals surface area contributed by atoms with Gasteiger partial charge < -0.3 is 14.8 Å². The van der Waals surface area contributed by atoms with Gasteiger partial charge in [-0.15, -0.1) is 0 Å². The van der Waals surface area contributed by atoms with Crippen molar-refractivity contribution in [1.29, 1.82) is 0 Å². The highest BCUT2D eigenvalue weighted by atomic mass is 16.7. The predicted octanol–water partition coefficient (Wildman–Crippen LogP) is 2.24. The number of rotatable bonds is 7. The Morgan fingerprint density at radius 1 is 1.16 bits per heavy atom. The maximum absolute atomic E-state index is 11.6. The summed E-state index contributed by atoms with van der Waals surface area (Å²) in [5, 5.41) is 2.93. The van der Waals surface area contributed by atoms with Crippen LogP contribution in [0.2, 0.25) is 0 Å². The summed E-state index contributed by atoms with van der Waals surface area (Å²) in [6.45, 7) is 2.00. The van der Waals surface area contributed by atoms with Crippen molar-refractivity contribution in [3.8, 4) is 0 Å². The number of hydrogen-bond acceptors (Lipinski definition) is 3. The van der Waals surface area contributed by atoms with Gasteiger partial charge in [-0.3, -0.25) is 4.79 Å². The third-order valence-electron chi connectivity index (χ3n) is 3.12. The number of benzene rings is 1. The number of carbonyl (C=O) groups is 1. The smallest absolute Gasteiger partial charge is 0.220 e. The van der Waals surface area contributed by atoms with Crippen molar-refractivity contribution in [2.24, 2.45) is 0 Å². The molecule has 1 aliphatic heterocycles. The van der Waals surface area contributed by atoms with Gasteiger partial charge in [-0.1, -0.05) is 30.3 Å². The monoisotopic (exact) mass is 263 g/mol. The van der Waals surface area contributed by atoms with Gasteiger partial charge in [0.05, 0.1) is 13.2 Å². The summed E-state index contributed by atoms with van der Waals surface area (Å²) in [7, 11) is 0. The van der Waals surface area contributed by atoms with E-state index in [1.165, 1.54) is 0 Å². The van der Waals surface area contributed by atoms with Crippen LogP contribution in [0.1, 0.15) is 31.2 Å². The van der Waals surface area contributed by atoms with E-state index in [9.17, 15) is 4.79 Å². The van der Waals surface area contributed by atoms with Crippen LogP contribution in [-0.2, 0) is 20.8 Å². The lowest BCUT2D eigenvalue weighted by molar-refractivity contribution is -0.121. The van der Waals surface area contributed by atoms with Crippen LogP contribution in [0.4, 0.5) is 0 Å². The third-order valence-corrected chi connectivity index (χ3v) is 3.12.